The van der Waals surface area contributed by atoms with E-state index in [0.29, 0.717) is 26.4 Å². The molecule has 1 amide bonds. The molecule has 0 bridgehead atoms. The number of ketones is 1. The third-order valence-electron chi connectivity index (χ3n) is 6.02. The highest BCUT2D eigenvalue weighted by molar-refractivity contribution is 9.10. The zero-order valence-corrected chi connectivity index (χ0v) is 23.2. The Bertz CT molecular complexity index is 1510. The van der Waals surface area contributed by atoms with Crippen LogP contribution in [0.25, 0.3) is 5.76 Å². The summed E-state index contributed by atoms with van der Waals surface area (Å²) >= 11 is 6.25. The molecule has 0 saturated carbocycles. The first-order valence-corrected chi connectivity index (χ1v) is 14.1. The largest absolute Gasteiger partial charge is 0.507 e. The number of nitrogens with zero attached hydrogens (tertiary/aromatic N) is 3. The fraction of sp³-hybridized carbons (Fsp3) is 0.143. The van der Waals surface area contributed by atoms with Crippen molar-refractivity contribution >= 4 is 61.6 Å². The molecular weight excluding hydrogens is 570 g/mol. The number of carbonyl (C=O) groups excluding carboxylic acids is 2. The third kappa shape index (κ3) is 5.25. The van der Waals surface area contributed by atoms with E-state index in [1.807, 2.05) is 50.2 Å². The van der Waals surface area contributed by atoms with Gasteiger partial charge in [0.15, 0.2) is 4.34 Å². The van der Waals surface area contributed by atoms with Crippen LogP contribution < -0.4 is 4.90 Å². The van der Waals surface area contributed by atoms with Gasteiger partial charge in [-0.3, -0.25) is 14.5 Å². The fourth-order valence-electron chi connectivity index (χ4n) is 4.08. The summed E-state index contributed by atoms with van der Waals surface area (Å²) in [4.78, 5) is 28.0. The topological polar surface area (TPSA) is 83.4 Å². The number of thioether (sulfide) groups is 1. The third-order valence-corrected chi connectivity index (χ3v) is 8.64. The molecule has 1 aromatic heterocycles. The number of carbonyl (C=O) groups is 2. The fourth-order valence-corrected chi connectivity index (χ4v) is 6.32. The number of halogens is 1. The van der Waals surface area contributed by atoms with E-state index < -0.39 is 17.7 Å². The van der Waals surface area contributed by atoms with Gasteiger partial charge in [-0.25, -0.2) is 0 Å². The molecule has 0 radical (unpaired) electrons. The Balaban J connectivity index is 1.53. The van der Waals surface area contributed by atoms with Gasteiger partial charge < -0.3 is 5.11 Å². The van der Waals surface area contributed by atoms with E-state index in [1.54, 1.807) is 12.1 Å². The molecule has 1 atom stereocenters. The van der Waals surface area contributed by atoms with Crippen molar-refractivity contribution in [1.82, 2.24) is 10.2 Å². The Morgan fingerprint density at radius 3 is 2.35 bits per heavy atom. The highest BCUT2D eigenvalue weighted by atomic mass is 79.9. The lowest BCUT2D eigenvalue weighted by molar-refractivity contribution is -0.132. The number of rotatable bonds is 6. The van der Waals surface area contributed by atoms with Crippen LogP contribution >= 0.6 is 39.0 Å². The number of amides is 1. The summed E-state index contributed by atoms with van der Waals surface area (Å²) in [5.74, 6) is -1.02. The van der Waals surface area contributed by atoms with Crippen molar-refractivity contribution in [2.45, 2.75) is 30.0 Å². The van der Waals surface area contributed by atoms with Gasteiger partial charge in [0, 0.05) is 15.8 Å². The summed E-state index contributed by atoms with van der Waals surface area (Å²) in [5, 5.41) is 20.1. The predicted octanol–water partition coefficient (Wildman–Crippen LogP) is 6.84. The van der Waals surface area contributed by atoms with Crippen LogP contribution in [0.15, 0.2) is 87.2 Å². The molecular formula is C28H22BrN3O3S2. The van der Waals surface area contributed by atoms with Crippen LogP contribution in [0.4, 0.5) is 5.13 Å². The normalized spacial score (nSPS) is 16.9. The maximum Gasteiger partial charge on any atom is 0.301 e. The second-order valence-corrected chi connectivity index (χ2v) is 11.8. The van der Waals surface area contributed by atoms with Crippen LogP contribution in [-0.4, -0.2) is 27.0 Å². The molecule has 37 heavy (non-hydrogen) atoms. The lowest BCUT2D eigenvalue weighted by Gasteiger charge is -2.22. The molecule has 186 valence electrons. The van der Waals surface area contributed by atoms with Crippen LogP contribution in [0.2, 0.25) is 0 Å². The average molecular weight is 593 g/mol. The number of hydrogen-bond acceptors (Lipinski definition) is 7. The minimum Gasteiger partial charge on any atom is -0.507 e. The second-order valence-electron chi connectivity index (χ2n) is 8.71. The second kappa shape index (κ2) is 10.6. The van der Waals surface area contributed by atoms with Crippen molar-refractivity contribution in [3.05, 3.63) is 111 Å². The molecule has 1 fully saturated rings. The molecule has 4 aromatic rings. The number of Topliss-reactive ketones (excluding diaryl/α,β-unsaturated/α-hetero) is 1. The minimum atomic E-state index is -0.846. The lowest BCUT2D eigenvalue weighted by Crippen LogP contribution is -2.29. The van der Waals surface area contributed by atoms with E-state index >= 15 is 0 Å². The SMILES string of the molecule is Cc1ccc(CSc2nnc(N3C(=O)C(=O)/C(=C(\O)c4ccc(C)cc4)C3c3cccc(Br)c3)s2)cc1. The Kier molecular flexibility index (Phi) is 7.28. The van der Waals surface area contributed by atoms with E-state index in [-0.39, 0.29) is 11.3 Å². The highest BCUT2D eigenvalue weighted by Gasteiger charge is 2.48. The van der Waals surface area contributed by atoms with Gasteiger partial charge in [-0.05, 0) is 37.1 Å². The number of anilines is 1. The van der Waals surface area contributed by atoms with Gasteiger partial charge in [-0.1, -0.05) is 111 Å². The number of aliphatic hydroxyl groups is 1. The molecule has 0 spiro atoms. The average Bonchev–Trinajstić information content (AvgIpc) is 3.46. The number of benzene rings is 3. The molecule has 1 aliphatic heterocycles. The van der Waals surface area contributed by atoms with Gasteiger partial charge >= 0.3 is 5.91 Å². The van der Waals surface area contributed by atoms with Crippen LogP contribution in [-0.2, 0) is 15.3 Å². The van der Waals surface area contributed by atoms with Gasteiger partial charge in [-0.2, -0.15) is 0 Å². The van der Waals surface area contributed by atoms with Crippen molar-refractivity contribution < 1.29 is 14.7 Å². The molecule has 1 aliphatic rings. The van der Waals surface area contributed by atoms with Crippen LogP contribution in [0.1, 0.15) is 33.9 Å². The van der Waals surface area contributed by atoms with Gasteiger partial charge in [0.25, 0.3) is 5.78 Å². The quantitative estimate of drug-likeness (QED) is 0.0869. The van der Waals surface area contributed by atoms with Crippen molar-refractivity contribution in [1.29, 1.82) is 0 Å². The van der Waals surface area contributed by atoms with Crippen molar-refractivity contribution in [2.24, 2.45) is 0 Å². The summed E-state index contributed by atoms with van der Waals surface area (Å²) in [6.45, 7) is 3.98. The van der Waals surface area contributed by atoms with Crippen molar-refractivity contribution in [3.63, 3.8) is 0 Å². The Labute approximate surface area is 231 Å². The van der Waals surface area contributed by atoms with Crippen LogP contribution in [0.5, 0.6) is 0 Å². The van der Waals surface area contributed by atoms with Crippen molar-refractivity contribution in [3.8, 4) is 0 Å². The summed E-state index contributed by atoms with van der Waals surface area (Å²) in [6.07, 6.45) is 0. The van der Waals surface area contributed by atoms with E-state index in [1.165, 1.54) is 33.6 Å². The first kappa shape index (κ1) is 25.4. The molecule has 3 aromatic carbocycles. The Hall–Kier alpha value is -3.27. The molecule has 2 heterocycles. The zero-order valence-electron chi connectivity index (χ0n) is 20.0. The molecule has 1 saturated heterocycles. The van der Waals surface area contributed by atoms with Crippen molar-refractivity contribution in [2.75, 3.05) is 4.90 Å². The standard InChI is InChI=1S/C28H22BrN3O3S2/c1-16-6-10-18(11-7-16)15-36-28-31-30-27(37-28)32-23(20-4-3-5-21(29)14-20)22(25(34)26(32)35)24(33)19-12-8-17(2)9-13-19/h3-14,23,33H,15H2,1-2H3/b24-22-. The smallest absolute Gasteiger partial charge is 0.301 e. The predicted molar refractivity (Wildman–Crippen MR) is 151 cm³/mol. The highest BCUT2D eigenvalue weighted by Crippen LogP contribution is 2.44. The monoisotopic (exact) mass is 591 g/mol. The molecule has 9 heteroatoms. The summed E-state index contributed by atoms with van der Waals surface area (Å²) < 4.78 is 1.47. The summed E-state index contributed by atoms with van der Waals surface area (Å²) in [6, 6.07) is 21.9. The van der Waals surface area contributed by atoms with E-state index in [4.69, 9.17) is 0 Å². The van der Waals surface area contributed by atoms with Gasteiger partial charge in [0.1, 0.15) is 5.76 Å². The molecule has 5 rings (SSSR count). The zero-order chi connectivity index (χ0) is 26.1. The number of aryl methyl sites for hydroxylation is 2. The number of hydrogen-bond donors (Lipinski definition) is 1. The van der Waals surface area contributed by atoms with Gasteiger partial charge in [0.2, 0.25) is 5.13 Å². The van der Waals surface area contributed by atoms with Gasteiger partial charge in [0.05, 0.1) is 11.6 Å². The lowest BCUT2D eigenvalue weighted by atomic mass is 9.95. The summed E-state index contributed by atoms with van der Waals surface area (Å²) in [7, 11) is 0. The molecule has 0 aliphatic carbocycles. The summed E-state index contributed by atoms with van der Waals surface area (Å²) in [5.41, 5.74) is 4.53. The number of aromatic nitrogens is 2. The van der Waals surface area contributed by atoms with E-state index in [0.717, 1.165) is 15.6 Å². The Morgan fingerprint density at radius 2 is 1.68 bits per heavy atom. The van der Waals surface area contributed by atoms with Crippen LogP contribution in [0.3, 0.4) is 0 Å². The Morgan fingerprint density at radius 1 is 1.00 bits per heavy atom. The van der Waals surface area contributed by atoms with Crippen LogP contribution in [0, 0.1) is 13.8 Å². The molecule has 1 N–H and O–H groups in total. The number of aliphatic hydroxyl groups excluding tert-OH is 1. The molecule has 6 nitrogen and oxygen atoms in total. The maximum absolute atomic E-state index is 13.3. The van der Waals surface area contributed by atoms with E-state index in [9.17, 15) is 14.7 Å². The first-order chi connectivity index (χ1) is 17.8. The van der Waals surface area contributed by atoms with Gasteiger partial charge in [-0.15, -0.1) is 10.2 Å². The first-order valence-electron chi connectivity index (χ1n) is 11.5. The van der Waals surface area contributed by atoms with E-state index in [2.05, 4.69) is 50.4 Å². The minimum absolute atomic E-state index is 0.0241. The maximum atomic E-state index is 13.3. The molecule has 1 unspecified atom stereocenters.